The fraction of sp³-hybridized carbons (Fsp3) is 0.259. The Kier molecular flexibility index (Phi) is 6.74. The molecule has 10 nitrogen and oxygen atoms in total. The van der Waals surface area contributed by atoms with Crippen molar-refractivity contribution in [2.75, 3.05) is 65.6 Å². The minimum Gasteiger partial charge on any atom is -0.369 e. The fourth-order valence-corrected chi connectivity index (χ4v) is 4.47. The van der Waals surface area contributed by atoms with E-state index in [0.717, 1.165) is 37.4 Å². The lowest BCUT2D eigenvalue weighted by Gasteiger charge is -2.34. The number of amides is 3. The Morgan fingerprint density at radius 3 is 2.49 bits per heavy atom. The third-order valence-electron chi connectivity index (χ3n) is 6.61. The van der Waals surface area contributed by atoms with E-state index in [1.165, 1.54) is 16.7 Å². The summed E-state index contributed by atoms with van der Waals surface area (Å²) in [7, 11) is 3.84. The van der Waals surface area contributed by atoms with Crippen LogP contribution < -0.4 is 25.3 Å². The molecule has 0 spiro atoms. The average Bonchev–Trinajstić information content (AvgIpc) is 2.92. The monoisotopic (exact) mass is 498 g/mol. The second-order valence-corrected chi connectivity index (χ2v) is 9.18. The lowest BCUT2D eigenvalue weighted by Crippen LogP contribution is -2.46. The predicted molar refractivity (Wildman–Crippen MR) is 147 cm³/mol. The van der Waals surface area contributed by atoms with Gasteiger partial charge in [-0.25, -0.2) is 9.78 Å². The van der Waals surface area contributed by atoms with Crippen molar-refractivity contribution in [3.8, 4) is 0 Å². The van der Waals surface area contributed by atoms with Crippen molar-refractivity contribution >= 4 is 46.5 Å². The van der Waals surface area contributed by atoms with E-state index in [9.17, 15) is 9.59 Å². The number of carbonyl (C=O) groups excluding carboxylic acids is 2. The molecule has 1 saturated heterocycles. The molecular formula is C27H30N8O2. The van der Waals surface area contributed by atoms with Gasteiger partial charge in [-0.3, -0.25) is 14.6 Å². The maximum Gasteiger partial charge on any atom is 0.330 e. The molecule has 10 heteroatoms. The van der Waals surface area contributed by atoms with Crippen LogP contribution >= 0.6 is 0 Å². The summed E-state index contributed by atoms with van der Waals surface area (Å²) in [6, 6.07) is 15.1. The number of hydrogen-bond donors (Lipinski definition) is 2. The molecule has 2 aromatic carbocycles. The number of fused-ring (bicyclic) bond motifs is 1. The molecule has 2 N–H and O–H groups in total. The highest BCUT2D eigenvalue weighted by molar-refractivity contribution is 6.06. The Hall–Kier alpha value is -4.44. The smallest absolute Gasteiger partial charge is 0.330 e. The van der Waals surface area contributed by atoms with Crippen molar-refractivity contribution in [1.29, 1.82) is 0 Å². The first-order valence-corrected chi connectivity index (χ1v) is 12.2. The fourth-order valence-electron chi connectivity index (χ4n) is 4.47. The summed E-state index contributed by atoms with van der Waals surface area (Å²) in [6.07, 6.45) is 2.94. The van der Waals surface area contributed by atoms with Crippen LogP contribution in [0.4, 0.5) is 39.3 Å². The van der Waals surface area contributed by atoms with E-state index in [-0.39, 0.29) is 11.9 Å². The normalized spacial score (nSPS) is 15.8. The number of rotatable bonds is 6. The van der Waals surface area contributed by atoms with Crippen LogP contribution in [0.15, 0.2) is 67.4 Å². The molecule has 2 aliphatic heterocycles. The molecule has 0 saturated carbocycles. The van der Waals surface area contributed by atoms with Crippen molar-refractivity contribution in [1.82, 2.24) is 14.9 Å². The van der Waals surface area contributed by atoms with E-state index in [4.69, 9.17) is 0 Å². The van der Waals surface area contributed by atoms with Gasteiger partial charge in [0.15, 0.2) is 0 Å². The van der Waals surface area contributed by atoms with Crippen molar-refractivity contribution in [2.45, 2.75) is 6.54 Å². The van der Waals surface area contributed by atoms with Gasteiger partial charge in [-0.2, -0.15) is 4.98 Å². The molecule has 1 aromatic heterocycles. The van der Waals surface area contributed by atoms with Crippen LogP contribution in [0.3, 0.4) is 0 Å². The highest BCUT2D eigenvalue weighted by atomic mass is 16.2. The maximum atomic E-state index is 13.2. The average molecular weight is 499 g/mol. The van der Waals surface area contributed by atoms with Gasteiger partial charge in [0.25, 0.3) is 0 Å². The minimum atomic E-state index is -0.313. The Balaban J connectivity index is 1.30. The molecule has 0 aliphatic carbocycles. The molecule has 2 aliphatic rings. The summed E-state index contributed by atoms with van der Waals surface area (Å²) in [5.41, 5.74) is 4.13. The molecule has 0 bridgehead atoms. The largest absolute Gasteiger partial charge is 0.369 e. The summed E-state index contributed by atoms with van der Waals surface area (Å²) in [5, 5.41) is 5.98. The number of likely N-dealkylation sites (N-methyl/N-ethyl adjacent to an activating group) is 1. The summed E-state index contributed by atoms with van der Waals surface area (Å²) < 4.78 is 0. The second kappa shape index (κ2) is 10.3. The minimum absolute atomic E-state index is 0.221. The van der Waals surface area contributed by atoms with Gasteiger partial charge < -0.3 is 20.4 Å². The molecule has 3 amide bonds. The number of hydrogen-bond acceptors (Lipinski definition) is 7. The van der Waals surface area contributed by atoms with Gasteiger partial charge >= 0.3 is 6.03 Å². The molecule has 3 aromatic rings. The summed E-state index contributed by atoms with van der Waals surface area (Å²) in [5.74, 6) is 0.671. The number of aromatic nitrogens is 2. The third-order valence-corrected chi connectivity index (χ3v) is 6.61. The Morgan fingerprint density at radius 2 is 1.76 bits per heavy atom. The lowest BCUT2D eigenvalue weighted by atomic mass is 10.2. The van der Waals surface area contributed by atoms with Gasteiger partial charge in [0.05, 0.1) is 6.54 Å². The SMILES string of the molecule is C=CC(=O)Nc1cccc(N2Cc3cnc(Nc4ccc(N5CCN(C)CC5)cc4)nc3N(C)C2=O)c1. The summed E-state index contributed by atoms with van der Waals surface area (Å²) >= 11 is 0. The van der Waals surface area contributed by atoms with Gasteiger partial charge in [0, 0.05) is 67.7 Å². The Bertz CT molecular complexity index is 1320. The molecule has 3 heterocycles. The van der Waals surface area contributed by atoms with Gasteiger partial charge in [-0.15, -0.1) is 0 Å². The summed E-state index contributed by atoms with van der Waals surface area (Å²) in [6.45, 7) is 7.94. The van der Waals surface area contributed by atoms with Crippen molar-refractivity contribution in [3.05, 3.63) is 72.9 Å². The van der Waals surface area contributed by atoms with Crippen LogP contribution in [0, 0.1) is 0 Å². The van der Waals surface area contributed by atoms with E-state index in [2.05, 4.69) is 56.2 Å². The number of urea groups is 1. The number of piperazine rings is 1. The van der Waals surface area contributed by atoms with Crippen molar-refractivity contribution in [2.24, 2.45) is 0 Å². The zero-order valence-corrected chi connectivity index (χ0v) is 21.0. The number of nitrogens with one attached hydrogen (secondary N) is 2. The topological polar surface area (TPSA) is 96.9 Å². The molecule has 0 atom stereocenters. The number of anilines is 6. The van der Waals surface area contributed by atoms with Crippen LogP contribution in [0.2, 0.25) is 0 Å². The first-order valence-electron chi connectivity index (χ1n) is 12.2. The van der Waals surface area contributed by atoms with Crippen LogP contribution in [-0.4, -0.2) is 67.1 Å². The van der Waals surface area contributed by atoms with Gasteiger partial charge in [0.1, 0.15) is 5.82 Å². The van der Waals surface area contributed by atoms with Crippen molar-refractivity contribution in [3.63, 3.8) is 0 Å². The van der Waals surface area contributed by atoms with E-state index in [0.29, 0.717) is 29.7 Å². The van der Waals surface area contributed by atoms with Gasteiger partial charge in [-0.05, 0) is 55.6 Å². The first kappa shape index (κ1) is 24.3. The third kappa shape index (κ3) is 5.24. The molecule has 5 rings (SSSR count). The number of benzene rings is 2. The van der Waals surface area contributed by atoms with Gasteiger partial charge in [0.2, 0.25) is 11.9 Å². The van der Waals surface area contributed by atoms with Crippen LogP contribution in [0.1, 0.15) is 5.56 Å². The Labute approximate surface area is 216 Å². The number of carbonyl (C=O) groups is 2. The first-order chi connectivity index (χ1) is 17.9. The van der Waals surface area contributed by atoms with E-state index >= 15 is 0 Å². The highest BCUT2D eigenvalue weighted by Gasteiger charge is 2.31. The van der Waals surface area contributed by atoms with E-state index in [1.54, 1.807) is 36.3 Å². The maximum absolute atomic E-state index is 13.2. The van der Waals surface area contributed by atoms with E-state index in [1.807, 2.05) is 18.2 Å². The van der Waals surface area contributed by atoms with Gasteiger partial charge in [-0.1, -0.05) is 12.6 Å². The highest BCUT2D eigenvalue weighted by Crippen LogP contribution is 2.31. The van der Waals surface area contributed by atoms with Crippen molar-refractivity contribution < 1.29 is 9.59 Å². The van der Waals surface area contributed by atoms with Crippen LogP contribution in [-0.2, 0) is 11.3 Å². The Morgan fingerprint density at radius 1 is 1.00 bits per heavy atom. The molecule has 1 fully saturated rings. The standard InChI is InChI=1S/C27H30N8O2/c1-4-24(36)29-21-6-5-7-23(16-21)35-18-19-17-28-26(31-25(19)33(3)27(35)37)30-20-8-10-22(11-9-20)34-14-12-32(2)13-15-34/h4-11,16-17H,1,12-15,18H2,2-3H3,(H,29,36)(H,28,30,31). The molecule has 190 valence electrons. The zero-order valence-electron chi connectivity index (χ0n) is 21.0. The molecule has 0 unspecified atom stereocenters. The number of nitrogens with zero attached hydrogens (tertiary/aromatic N) is 6. The summed E-state index contributed by atoms with van der Waals surface area (Å²) in [4.78, 5) is 41.9. The van der Waals surface area contributed by atoms with Crippen LogP contribution in [0.25, 0.3) is 0 Å². The quantitative estimate of drug-likeness (QED) is 0.501. The molecule has 37 heavy (non-hydrogen) atoms. The molecule has 0 radical (unpaired) electrons. The predicted octanol–water partition coefficient (Wildman–Crippen LogP) is 3.67. The second-order valence-electron chi connectivity index (χ2n) is 9.18. The zero-order chi connectivity index (χ0) is 25.9. The molecular weight excluding hydrogens is 468 g/mol. The lowest BCUT2D eigenvalue weighted by molar-refractivity contribution is -0.111. The van der Waals surface area contributed by atoms with E-state index < -0.39 is 0 Å². The van der Waals surface area contributed by atoms with Crippen LogP contribution in [0.5, 0.6) is 0 Å².